The summed E-state index contributed by atoms with van der Waals surface area (Å²) in [5, 5.41) is -0.186. The van der Waals surface area contributed by atoms with Crippen LogP contribution >= 0.6 is 11.6 Å². The van der Waals surface area contributed by atoms with E-state index in [1.54, 1.807) is 0 Å². The van der Waals surface area contributed by atoms with Crippen molar-refractivity contribution in [3.63, 3.8) is 0 Å². The fourth-order valence-electron chi connectivity index (χ4n) is 2.51. The monoisotopic (exact) mass is 314 g/mol. The molecule has 0 amide bonds. The van der Waals surface area contributed by atoms with Crippen molar-refractivity contribution in [2.45, 2.75) is 103 Å². The highest BCUT2D eigenvalue weighted by molar-refractivity contribution is 6.63. The molecule has 0 aliphatic heterocycles. The van der Waals surface area contributed by atoms with Crippen LogP contribution in [0.25, 0.3) is 0 Å². The van der Waals surface area contributed by atoms with Crippen molar-refractivity contribution >= 4 is 16.8 Å². The van der Waals surface area contributed by atoms with E-state index in [9.17, 15) is 4.79 Å². The minimum atomic E-state index is -0.186. The minimum absolute atomic E-state index is 0.186. The van der Waals surface area contributed by atoms with Crippen LogP contribution in [0, 0.1) is 0 Å². The summed E-state index contributed by atoms with van der Waals surface area (Å²) in [7, 11) is 0. The molecule has 0 spiro atoms. The Bertz CT molecular complexity index is 248. The average Bonchev–Trinajstić information content (AvgIpc) is 2.46. The van der Waals surface area contributed by atoms with E-state index < -0.39 is 0 Å². The zero-order valence-electron chi connectivity index (χ0n) is 14.0. The first-order valence-corrected chi connectivity index (χ1v) is 9.48. The van der Waals surface area contributed by atoms with Crippen molar-refractivity contribution in [1.82, 2.24) is 0 Å². The van der Waals surface area contributed by atoms with Gasteiger partial charge in [-0.3, -0.25) is 4.79 Å². The lowest BCUT2D eigenvalue weighted by Crippen LogP contribution is -1.86. The Morgan fingerprint density at radius 1 is 0.714 bits per heavy atom. The van der Waals surface area contributed by atoms with Gasteiger partial charge in [-0.25, -0.2) is 0 Å². The van der Waals surface area contributed by atoms with Crippen LogP contribution in [0.3, 0.4) is 0 Å². The van der Waals surface area contributed by atoms with Crippen LogP contribution in [0.2, 0.25) is 0 Å². The van der Waals surface area contributed by atoms with Crippen LogP contribution in [-0.2, 0) is 4.79 Å². The lowest BCUT2D eigenvalue weighted by molar-refractivity contribution is -0.111. The van der Waals surface area contributed by atoms with Gasteiger partial charge in [-0.05, 0) is 43.7 Å². The Morgan fingerprint density at radius 2 is 1.14 bits per heavy atom. The minimum Gasteiger partial charge on any atom is -0.281 e. The standard InChI is InChI=1S/C19H35ClO/c1-2-3-4-5-6-7-8-9-10-11-12-13-14-15-16-17-18-19(20)21/h6-7H,2-5,8-18H2,1H3/b7-6+. The largest absolute Gasteiger partial charge is 0.281 e. The first-order chi connectivity index (χ1) is 10.3. The third kappa shape index (κ3) is 19.7. The van der Waals surface area contributed by atoms with Gasteiger partial charge in [-0.15, -0.1) is 0 Å². The Kier molecular flexibility index (Phi) is 17.5. The lowest BCUT2D eigenvalue weighted by atomic mass is 10.1. The zero-order chi connectivity index (χ0) is 15.6. The van der Waals surface area contributed by atoms with Crippen molar-refractivity contribution in [3.8, 4) is 0 Å². The van der Waals surface area contributed by atoms with E-state index in [1.165, 1.54) is 77.0 Å². The third-order valence-electron chi connectivity index (χ3n) is 3.89. The smallest absolute Gasteiger partial charge is 0.221 e. The van der Waals surface area contributed by atoms with Crippen molar-refractivity contribution < 1.29 is 4.79 Å². The van der Waals surface area contributed by atoms with Crippen LogP contribution in [0.5, 0.6) is 0 Å². The molecule has 124 valence electrons. The normalized spacial score (nSPS) is 11.3. The average molecular weight is 315 g/mol. The molecule has 0 saturated carbocycles. The number of carbonyl (C=O) groups is 1. The number of rotatable bonds is 16. The summed E-state index contributed by atoms with van der Waals surface area (Å²) in [6.07, 6.45) is 23.4. The summed E-state index contributed by atoms with van der Waals surface area (Å²) >= 11 is 5.30. The maximum absolute atomic E-state index is 10.6. The molecule has 0 aliphatic rings. The molecule has 2 heteroatoms. The molecule has 0 aliphatic carbocycles. The Balaban J connectivity index is 3.04. The van der Waals surface area contributed by atoms with Gasteiger partial charge in [0.25, 0.3) is 0 Å². The van der Waals surface area contributed by atoms with E-state index >= 15 is 0 Å². The number of carbonyl (C=O) groups excluding carboxylic acids is 1. The third-order valence-corrected chi connectivity index (χ3v) is 4.07. The Hall–Kier alpha value is -0.300. The van der Waals surface area contributed by atoms with E-state index in [1.807, 2.05) is 0 Å². The highest BCUT2D eigenvalue weighted by Gasteiger charge is 1.96. The molecule has 0 unspecified atom stereocenters. The molecule has 0 aromatic carbocycles. The second kappa shape index (κ2) is 17.8. The molecule has 0 aromatic heterocycles. The summed E-state index contributed by atoms with van der Waals surface area (Å²) in [5.41, 5.74) is 0. The van der Waals surface area contributed by atoms with Gasteiger partial charge in [0.1, 0.15) is 0 Å². The highest BCUT2D eigenvalue weighted by atomic mass is 35.5. The molecule has 0 atom stereocenters. The summed E-state index contributed by atoms with van der Waals surface area (Å²) in [6.45, 7) is 2.25. The second-order valence-corrected chi connectivity index (χ2v) is 6.46. The first-order valence-electron chi connectivity index (χ1n) is 9.10. The summed E-state index contributed by atoms with van der Waals surface area (Å²) in [5.74, 6) is 0. The molecule has 0 bridgehead atoms. The van der Waals surface area contributed by atoms with Crippen LogP contribution in [0.1, 0.15) is 103 Å². The molecule has 0 saturated heterocycles. The first kappa shape index (κ1) is 20.7. The van der Waals surface area contributed by atoms with E-state index in [-0.39, 0.29) is 5.24 Å². The van der Waals surface area contributed by atoms with Gasteiger partial charge in [0, 0.05) is 6.42 Å². The lowest BCUT2D eigenvalue weighted by Gasteiger charge is -2.01. The molecule has 0 aromatic rings. The van der Waals surface area contributed by atoms with Crippen LogP contribution in [-0.4, -0.2) is 5.24 Å². The van der Waals surface area contributed by atoms with Crippen molar-refractivity contribution in [3.05, 3.63) is 12.2 Å². The molecular weight excluding hydrogens is 280 g/mol. The molecule has 1 nitrogen and oxygen atoms in total. The van der Waals surface area contributed by atoms with Gasteiger partial charge in [-0.1, -0.05) is 76.9 Å². The van der Waals surface area contributed by atoms with Crippen LogP contribution < -0.4 is 0 Å². The van der Waals surface area contributed by atoms with Gasteiger partial charge in [0.05, 0.1) is 0 Å². The Morgan fingerprint density at radius 3 is 1.62 bits per heavy atom. The maximum Gasteiger partial charge on any atom is 0.221 e. The summed E-state index contributed by atoms with van der Waals surface area (Å²) in [6, 6.07) is 0. The molecule has 0 fully saturated rings. The topological polar surface area (TPSA) is 17.1 Å². The van der Waals surface area contributed by atoms with Gasteiger partial charge < -0.3 is 0 Å². The van der Waals surface area contributed by atoms with Gasteiger partial charge in [0.2, 0.25) is 5.24 Å². The molecular formula is C19H35ClO. The van der Waals surface area contributed by atoms with Crippen LogP contribution in [0.4, 0.5) is 0 Å². The predicted molar refractivity (Wildman–Crippen MR) is 94.9 cm³/mol. The predicted octanol–water partition coefficient (Wildman–Crippen LogP) is 7.18. The fourth-order valence-corrected chi connectivity index (χ4v) is 2.65. The van der Waals surface area contributed by atoms with E-state index in [0.717, 1.165) is 12.8 Å². The SMILES string of the molecule is CCCCC/C=C/CCCCCCCCCCCC(=O)Cl. The number of halogens is 1. The molecule has 0 rings (SSSR count). The summed E-state index contributed by atoms with van der Waals surface area (Å²) in [4.78, 5) is 10.6. The van der Waals surface area contributed by atoms with Crippen molar-refractivity contribution in [1.29, 1.82) is 0 Å². The number of hydrogen-bond acceptors (Lipinski definition) is 1. The quantitative estimate of drug-likeness (QED) is 0.167. The van der Waals surface area contributed by atoms with Gasteiger partial charge in [-0.2, -0.15) is 0 Å². The van der Waals surface area contributed by atoms with Gasteiger partial charge in [0.15, 0.2) is 0 Å². The number of unbranched alkanes of at least 4 members (excludes halogenated alkanes) is 12. The second-order valence-electron chi connectivity index (χ2n) is 6.04. The summed E-state index contributed by atoms with van der Waals surface area (Å²) < 4.78 is 0. The van der Waals surface area contributed by atoms with Gasteiger partial charge >= 0.3 is 0 Å². The molecule has 0 N–H and O–H groups in total. The van der Waals surface area contributed by atoms with Crippen molar-refractivity contribution in [2.75, 3.05) is 0 Å². The molecule has 0 heterocycles. The van der Waals surface area contributed by atoms with E-state index in [0.29, 0.717) is 6.42 Å². The highest BCUT2D eigenvalue weighted by Crippen LogP contribution is 2.12. The Labute approximate surface area is 137 Å². The number of allylic oxidation sites excluding steroid dienone is 2. The zero-order valence-corrected chi connectivity index (χ0v) is 14.8. The molecule has 0 radical (unpaired) electrons. The maximum atomic E-state index is 10.6. The van der Waals surface area contributed by atoms with Crippen molar-refractivity contribution in [2.24, 2.45) is 0 Å². The molecule has 21 heavy (non-hydrogen) atoms. The fraction of sp³-hybridized carbons (Fsp3) is 0.842. The van der Waals surface area contributed by atoms with Crippen LogP contribution in [0.15, 0.2) is 12.2 Å². The van der Waals surface area contributed by atoms with E-state index in [2.05, 4.69) is 19.1 Å². The number of hydrogen-bond donors (Lipinski definition) is 0. The van der Waals surface area contributed by atoms with E-state index in [4.69, 9.17) is 11.6 Å².